The molecule has 0 saturated heterocycles. The molecule has 0 aliphatic carbocycles. The van der Waals surface area contributed by atoms with Gasteiger partial charge in [-0.2, -0.15) is 0 Å². The van der Waals surface area contributed by atoms with Crippen molar-refractivity contribution in [3.8, 4) is 0 Å². The van der Waals surface area contributed by atoms with Crippen molar-refractivity contribution >= 4 is 0 Å². The van der Waals surface area contributed by atoms with Gasteiger partial charge in [0.2, 0.25) is 0 Å². The summed E-state index contributed by atoms with van der Waals surface area (Å²) in [6.07, 6.45) is 1.07. The van der Waals surface area contributed by atoms with Crippen LogP contribution in [-0.2, 0) is 4.74 Å². The van der Waals surface area contributed by atoms with Gasteiger partial charge in [-0.1, -0.05) is 12.1 Å². The van der Waals surface area contributed by atoms with E-state index in [0.717, 1.165) is 31.7 Å². The largest absolute Gasteiger partial charge is 0.377 e. The van der Waals surface area contributed by atoms with Crippen molar-refractivity contribution in [1.82, 2.24) is 4.90 Å². The van der Waals surface area contributed by atoms with Crippen molar-refractivity contribution in [2.24, 2.45) is 5.73 Å². The van der Waals surface area contributed by atoms with Crippen molar-refractivity contribution in [1.29, 1.82) is 0 Å². The van der Waals surface area contributed by atoms with Crippen molar-refractivity contribution in [2.45, 2.75) is 32.4 Å². The Hall–Kier alpha value is -0.970. The molecule has 1 aromatic carbocycles. The SMILES string of the molecule is CC(C)OCCN(C)CCC(N)c1cccc(F)c1. The third kappa shape index (κ3) is 6.66. The maximum atomic E-state index is 13.1. The Morgan fingerprint density at radius 1 is 1.32 bits per heavy atom. The number of benzene rings is 1. The molecule has 0 saturated carbocycles. The summed E-state index contributed by atoms with van der Waals surface area (Å²) in [5.41, 5.74) is 6.92. The van der Waals surface area contributed by atoms with Crippen LogP contribution < -0.4 is 5.73 Å². The molecule has 19 heavy (non-hydrogen) atoms. The van der Waals surface area contributed by atoms with Gasteiger partial charge in [0.05, 0.1) is 12.7 Å². The van der Waals surface area contributed by atoms with Crippen LogP contribution in [0, 0.1) is 5.82 Å². The molecule has 0 fully saturated rings. The van der Waals surface area contributed by atoms with E-state index in [1.807, 2.05) is 27.0 Å². The highest BCUT2D eigenvalue weighted by atomic mass is 19.1. The number of halogens is 1. The van der Waals surface area contributed by atoms with Gasteiger partial charge in [0.25, 0.3) is 0 Å². The van der Waals surface area contributed by atoms with Gasteiger partial charge in [-0.25, -0.2) is 4.39 Å². The molecule has 0 aliphatic heterocycles. The number of nitrogens with two attached hydrogens (primary N) is 1. The minimum absolute atomic E-state index is 0.121. The molecule has 1 aromatic rings. The zero-order valence-corrected chi connectivity index (χ0v) is 12.1. The van der Waals surface area contributed by atoms with Crippen molar-refractivity contribution in [3.05, 3.63) is 35.6 Å². The van der Waals surface area contributed by atoms with E-state index in [1.165, 1.54) is 12.1 Å². The van der Waals surface area contributed by atoms with E-state index in [2.05, 4.69) is 4.90 Å². The molecule has 0 radical (unpaired) electrons. The van der Waals surface area contributed by atoms with Crippen molar-refractivity contribution < 1.29 is 9.13 Å². The highest BCUT2D eigenvalue weighted by molar-refractivity contribution is 5.19. The van der Waals surface area contributed by atoms with Crippen LogP contribution in [0.3, 0.4) is 0 Å². The molecule has 0 heterocycles. The van der Waals surface area contributed by atoms with Crippen LogP contribution in [0.2, 0.25) is 0 Å². The Morgan fingerprint density at radius 3 is 2.68 bits per heavy atom. The highest BCUT2D eigenvalue weighted by Crippen LogP contribution is 2.15. The molecule has 0 bridgehead atoms. The summed E-state index contributed by atoms with van der Waals surface area (Å²) in [6, 6.07) is 6.39. The molecule has 1 unspecified atom stereocenters. The van der Waals surface area contributed by atoms with E-state index in [4.69, 9.17) is 10.5 Å². The van der Waals surface area contributed by atoms with Gasteiger partial charge >= 0.3 is 0 Å². The lowest BCUT2D eigenvalue weighted by molar-refractivity contribution is 0.0634. The fraction of sp³-hybridized carbons (Fsp3) is 0.600. The Bertz CT molecular complexity index is 371. The van der Waals surface area contributed by atoms with Gasteiger partial charge in [-0.15, -0.1) is 0 Å². The number of nitrogens with zero attached hydrogens (tertiary/aromatic N) is 1. The van der Waals surface area contributed by atoms with Crippen LogP contribution in [0.4, 0.5) is 4.39 Å². The number of ether oxygens (including phenoxy) is 1. The molecule has 3 nitrogen and oxygen atoms in total. The summed E-state index contributed by atoms with van der Waals surface area (Å²) in [4.78, 5) is 2.18. The first-order chi connectivity index (χ1) is 8.99. The van der Waals surface area contributed by atoms with Crippen molar-refractivity contribution in [2.75, 3.05) is 26.7 Å². The Kier molecular flexibility index (Phi) is 6.99. The summed E-state index contributed by atoms with van der Waals surface area (Å²) < 4.78 is 18.6. The predicted molar refractivity (Wildman–Crippen MR) is 76.5 cm³/mol. The number of hydrogen-bond donors (Lipinski definition) is 1. The first-order valence-corrected chi connectivity index (χ1v) is 6.80. The molecule has 4 heteroatoms. The second kappa shape index (κ2) is 8.25. The summed E-state index contributed by atoms with van der Waals surface area (Å²) in [7, 11) is 2.04. The number of hydrogen-bond acceptors (Lipinski definition) is 3. The lowest BCUT2D eigenvalue weighted by atomic mass is 10.0. The first-order valence-electron chi connectivity index (χ1n) is 6.80. The zero-order valence-electron chi connectivity index (χ0n) is 12.1. The van der Waals surface area contributed by atoms with Gasteiger partial charge in [-0.3, -0.25) is 0 Å². The van der Waals surface area contributed by atoms with Gasteiger partial charge in [-0.05, 0) is 51.6 Å². The molecule has 0 spiro atoms. The van der Waals surface area contributed by atoms with E-state index < -0.39 is 0 Å². The second-order valence-corrected chi connectivity index (χ2v) is 5.17. The number of rotatable bonds is 8. The second-order valence-electron chi connectivity index (χ2n) is 5.17. The summed E-state index contributed by atoms with van der Waals surface area (Å²) in [6.45, 7) is 6.54. The van der Waals surface area contributed by atoms with E-state index in [0.29, 0.717) is 0 Å². The lowest BCUT2D eigenvalue weighted by Gasteiger charge is -2.20. The van der Waals surface area contributed by atoms with E-state index in [1.54, 1.807) is 6.07 Å². The van der Waals surface area contributed by atoms with E-state index in [9.17, 15) is 4.39 Å². The van der Waals surface area contributed by atoms with Crippen molar-refractivity contribution in [3.63, 3.8) is 0 Å². The van der Waals surface area contributed by atoms with Crippen LogP contribution in [0.15, 0.2) is 24.3 Å². The van der Waals surface area contributed by atoms with Gasteiger partial charge < -0.3 is 15.4 Å². The fourth-order valence-electron chi connectivity index (χ4n) is 1.82. The molecule has 108 valence electrons. The molecule has 1 atom stereocenters. The Morgan fingerprint density at radius 2 is 2.05 bits per heavy atom. The minimum atomic E-state index is -0.230. The monoisotopic (exact) mass is 268 g/mol. The third-order valence-electron chi connectivity index (χ3n) is 3.02. The first kappa shape index (κ1) is 16.1. The van der Waals surface area contributed by atoms with Crippen LogP contribution in [0.1, 0.15) is 31.9 Å². The fourth-order valence-corrected chi connectivity index (χ4v) is 1.82. The summed E-state index contributed by atoms with van der Waals surface area (Å²) >= 11 is 0. The smallest absolute Gasteiger partial charge is 0.123 e. The lowest BCUT2D eigenvalue weighted by Crippen LogP contribution is -2.27. The topological polar surface area (TPSA) is 38.5 Å². The molecular formula is C15H25FN2O. The van der Waals surface area contributed by atoms with E-state index in [-0.39, 0.29) is 18.0 Å². The molecule has 2 N–H and O–H groups in total. The Balaban J connectivity index is 2.27. The molecular weight excluding hydrogens is 243 g/mol. The molecule has 0 amide bonds. The Labute approximate surface area is 115 Å². The third-order valence-corrected chi connectivity index (χ3v) is 3.02. The minimum Gasteiger partial charge on any atom is -0.377 e. The van der Waals surface area contributed by atoms with Crippen LogP contribution in [0.25, 0.3) is 0 Å². The zero-order chi connectivity index (χ0) is 14.3. The average Bonchev–Trinajstić information content (AvgIpc) is 2.35. The van der Waals surface area contributed by atoms with Gasteiger partial charge in [0.15, 0.2) is 0 Å². The summed E-state index contributed by atoms with van der Waals surface area (Å²) in [5, 5.41) is 0. The van der Waals surface area contributed by atoms with Crippen LogP contribution in [-0.4, -0.2) is 37.7 Å². The number of likely N-dealkylation sites (N-methyl/N-ethyl adjacent to an activating group) is 1. The van der Waals surface area contributed by atoms with Crippen LogP contribution in [0.5, 0.6) is 0 Å². The molecule has 0 aliphatic rings. The summed E-state index contributed by atoms with van der Waals surface area (Å²) in [5.74, 6) is -0.230. The van der Waals surface area contributed by atoms with Gasteiger partial charge in [0.1, 0.15) is 5.82 Å². The maximum Gasteiger partial charge on any atom is 0.123 e. The predicted octanol–water partition coefficient (Wildman–Crippen LogP) is 2.57. The standard InChI is InChI=1S/C15H25FN2O/c1-12(2)19-10-9-18(3)8-7-15(17)13-5-4-6-14(16)11-13/h4-6,11-12,15H,7-10,17H2,1-3H3. The molecule has 0 aromatic heterocycles. The van der Waals surface area contributed by atoms with E-state index >= 15 is 0 Å². The normalized spacial score (nSPS) is 13.2. The van der Waals surface area contributed by atoms with Gasteiger partial charge in [0, 0.05) is 12.6 Å². The highest BCUT2D eigenvalue weighted by Gasteiger charge is 2.08. The van der Waals surface area contributed by atoms with Crippen LogP contribution >= 0.6 is 0 Å². The average molecular weight is 268 g/mol. The molecule has 1 rings (SSSR count). The quantitative estimate of drug-likeness (QED) is 0.787. The maximum absolute atomic E-state index is 13.1.